The summed E-state index contributed by atoms with van der Waals surface area (Å²) in [6.07, 6.45) is 0.744. The molecule has 0 aromatic rings. The third kappa shape index (κ3) is 2.71. The maximum Gasteiger partial charge on any atom is 0.253 e. The van der Waals surface area contributed by atoms with Crippen LogP contribution in [0.3, 0.4) is 0 Å². The van der Waals surface area contributed by atoms with E-state index in [1.807, 2.05) is 0 Å². The topological polar surface area (TPSA) is 35.2 Å². The summed E-state index contributed by atoms with van der Waals surface area (Å²) in [5.74, 6) is -2.97. The third-order valence-electron chi connectivity index (χ3n) is 1.77. The van der Waals surface area contributed by atoms with Gasteiger partial charge in [-0.1, -0.05) is 0 Å². The van der Waals surface area contributed by atoms with Crippen LogP contribution in [0.15, 0.2) is 0 Å². The highest BCUT2D eigenvalue weighted by molar-refractivity contribution is 4.94. The normalized spacial score (nSPS) is 27.0. The molecule has 1 fully saturated rings. The van der Waals surface area contributed by atoms with E-state index in [4.69, 9.17) is 10.5 Å². The largest absolute Gasteiger partial charge is 0.381 e. The highest BCUT2D eigenvalue weighted by atomic mass is 19.3. The van der Waals surface area contributed by atoms with E-state index in [0.29, 0.717) is 13.2 Å². The molecule has 0 aromatic heterocycles. The lowest BCUT2D eigenvalue weighted by Gasteiger charge is -2.00. The Bertz CT molecular complexity index is 130. The summed E-state index contributed by atoms with van der Waals surface area (Å²) in [5.41, 5.74) is 5.19. The fraction of sp³-hybridized carbons (Fsp3) is 1.00. The summed E-state index contributed by atoms with van der Waals surface area (Å²) in [4.78, 5) is 0. The van der Waals surface area contributed by atoms with Gasteiger partial charge in [0.1, 0.15) is 0 Å². The molecule has 0 spiro atoms. The van der Waals surface area contributed by atoms with E-state index in [9.17, 15) is 8.78 Å². The molecule has 0 radical (unpaired) electrons. The Morgan fingerprint density at radius 3 is 2.64 bits per heavy atom. The molecule has 0 amide bonds. The van der Waals surface area contributed by atoms with Gasteiger partial charge in [0.15, 0.2) is 0 Å². The molecule has 0 aromatic carbocycles. The monoisotopic (exact) mass is 165 g/mol. The van der Waals surface area contributed by atoms with Gasteiger partial charge in [0, 0.05) is 13.0 Å². The van der Waals surface area contributed by atoms with Gasteiger partial charge in [0.05, 0.1) is 12.5 Å². The van der Waals surface area contributed by atoms with Crippen LogP contribution >= 0.6 is 0 Å². The fourth-order valence-electron chi connectivity index (χ4n) is 0.861. The zero-order valence-corrected chi connectivity index (χ0v) is 6.35. The van der Waals surface area contributed by atoms with Crippen molar-refractivity contribution in [2.45, 2.75) is 18.8 Å². The number of ether oxygens (including phenoxy) is 1. The molecule has 1 atom stereocenters. The minimum absolute atomic E-state index is 0.00434. The highest BCUT2D eigenvalue weighted by Gasteiger charge is 2.56. The Morgan fingerprint density at radius 1 is 1.55 bits per heavy atom. The lowest BCUT2D eigenvalue weighted by Crippen LogP contribution is -2.08. The number of halogens is 2. The Kier molecular flexibility index (Phi) is 2.78. The van der Waals surface area contributed by atoms with Crippen LogP contribution in [0.4, 0.5) is 8.78 Å². The quantitative estimate of drug-likeness (QED) is 0.617. The minimum Gasteiger partial charge on any atom is -0.381 e. The summed E-state index contributed by atoms with van der Waals surface area (Å²) in [5, 5.41) is 0. The molecule has 2 nitrogen and oxygen atoms in total. The molecule has 0 saturated heterocycles. The Balaban J connectivity index is 1.90. The van der Waals surface area contributed by atoms with Gasteiger partial charge in [-0.05, 0) is 13.0 Å². The molecule has 66 valence electrons. The molecular formula is C7H13F2NO. The van der Waals surface area contributed by atoms with E-state index in [1.54, 1.807) is 0 Å². The molecule has 4 heteroatoms. The average molecular weight is 165 g/mol. The summed E-state index contributed by atoms with van der Waals surface area (Å²) >= 11 is 0. The summed E-state index contributed by atoms with van der Waals surface area (Å²) in [6.45, 7) is 1.25. The van der Waals surface area contributed by atoms with E-state index in [2.05, 4.69) is 0 Å². The Labute approximate surface area is 64.7 Å². The predicted octanol–water partition coefficient (Wildman–Crippen LogP) is 1.01. The number of hydrogen-bond donors (Lipinski definition) is 1. The van der Waals surface area contributed by atoms with E-state index in [1.165, 1.54) is 0 Å². The standard InChI is InChI=1S/C7H13F2NO/c8-7(9)4-6(7)5-11-3-1-2-10/h6H,1-5,10H2. The van der Waals surface area contributed by atoms with Crippen molar-refractivity contribution < 1.29 is 13.5 Å². The summed E-state index contributed by atoms with van der Waals surface area (Å²) in [7, 11) is 0. The van der Waals surface area contributed by atoms with Crippen LogP contribution < -0.4 is 5.73 Å². The molecular weight excluding hydrogens is 152 g/mol. The molecule has 1 aliphatic carbocycles. The Morgan fingerprint density at radius 2 is 2.18 bits per heavy atom. The molecule has 11 heavy (non-hydrogen) atoms. The first-order chi connectivity index (χ1) is 5.17. The molecule has 1 rings (SSSR count). The smallest absolute Gasteiger partial charge is 0.253 e. The molecule has 0 bridgehead atoms. The van der Waals surface area contributed by atoms with Crippen molar-refractivity contribution in [1.29, 1.82) is 0 Å². The van der Waals surface area contributed by atoms with Crippen molar-refractivity contribution in [1.82, 2.24) is 0 Å². The van der Waals surface area contributed by atoms with Gasteiger partial charge in [0.25, 0.3) is 5.92 Å². The maximum atomic E-state index is 12.2. The third-order valence-corrected chi connectivity index (χ3v) is 1.77. The van der Waals surface area contributed by atoms with Crippen molar-refractivity contribution in [2.75, 3.05) is 19.8 Å². The van der Waals surface area contributed by atoms with Gasteiger partial charge < -0.3 is 10.5 Å². The molecule has 0 aliphatic heterocycles. The second-order valence-corrected chi connectivity index (χ2v) is 2.88. The number of hydrogen-bond acceptors (Lipinski definition) is 2. The number of nitrogens with two attached hydrogens (primary N) is 1. The first-order valence-electron chi connectivity index (χ1n) is 3.82. The fourth-order valence-corrected chi connectivity index (χ4v) is 0.861. The molecule has 0 heterocycles. The van der Waals surface area contributed by atoms with E-state index >= 15 is 0 Å². The lowest BCUT2D eigenvalue weighted by atomic mass is 10.4. The zero-order chi connectivity index (χ0) is 8.32. The predicted molar refractivity (Wildman–Crippen MR) is 37.5 cm³/mol. The minimum atomic E-state index is -2.44. The van der Waals surface area contributed by atoms with Crippen LogP contribution in [0, 0.1) is 5.92 Å². The van der Waals surface area contributed by atoms with Crippen LogP contribution in [0.5, 0.6) is 0 Å². The maximum absolute atomic E-state index is 12.2. The van der Waals surface area contributed by atoms with Crippen LogP contribution in [-0.2, 0) is 4.74 Å². The molecule has 1 unspecified atom stereocenters. The molecule has 1 saturated carbocycles. The van der Waals surface area contributed by atoms with Crippen molar-refractivity contribution in [3.8, 4) is 0 Å². The Hall–Kier alpha value is -0.220. The molecule has 2 N–H and O–H groups in total. The van der Waals surface area contributed by atoms with Gasteiger partial charge in [-0.25, -0.2) is 8.78 Å². The van der Waals surface area contributed by atoms with Gasteiger partial charge >= 0.3 is 0 Å². The van der Waals surface area contributed by atoms with Gasteiger partial charge in [-0.3, -0.25) is 0 Å². The zero-order valence-electron chi connectivity index (χ0n) is 6.35. The summed E-state index contributed by atoms with van der Waals surface area (Å²) in [6, 6.07) is 0. The van der Waals surface area contributed by atoms with Crippen LogP contribution in [0.1, 0.15) is 12.8 Å². The van der Waals surface area contributed by atoms with E-state index < -0.39 is 11.8 Å². The van der Waals surface area contributed by atoms with Crippen molar-refractivity contribution in [2.24, 2.45) is 11.7 Å². The second-order valence-electron chi connectivity index (χ2n) is 2.88. The van der Waals surface area contributed by atoms with Crippen LogP contribution in [-0.4, -0.2) is 25.7 Å². The summed E-state index contributed by atoms with van der Waals surface area (Å²) < 4.78 is 29.4. The van der Waals surface area contributed by atoms with Gasteiger partial charge in [-0.15, -0.1) is 0 Å². The first kappa shape index (κ1) is 8.87. The average Bonchev–Trinajstić information content (AvgIpc) is 2.52. The highest BCUT2D eigenvalue weighted by Crippen LogP contribution is 2.48. The van der Waals surface area contributed by atoms with E-state index in [-0.39, 0.29) is 13.0 Å². The van der Waals surface area contributed by atoms with Crippen molar-refractivity contribution >= 4 is 0 Å². The van der Waals surface area contributed by atoms with Crippen LogP contribution in [0.25, 0.3) is 0 Å². The number of rotatable bonds is 5. The van der Waals surface area contributed by atoms with Crippen molar-refractivity contribution in [3.05, 3.63) is 0 Å². The van der Waals surface area contributed by atoms with Gasteiger partial charge in [0.2, 0.25) is 0 Å². The first-order valence-corrected chi connectivity index (χ1v) is 3.82. The van der Waals surface area contributed by atoms with E-state index in [0.717, 1.165) is 6.42 Å². The second kappa shape index (κ2) is 3.45. The molecule has 1 aliphatic rings. The van der Waals surface area contributed by atoms with Gasteiger partial charge in [-0.2, -0.15) is 0 Å². The lowest BCUT2D eigenvalue weighted by molar-refractivity contribution is 0.0546. The SMILES string of the molecule is NCCCOCC1CC1(F)F. The number of alkyl halides is 2. The van der Waals surface area contributed by atoms with Crippen LogP contribution in [0.2, 0.25) is 0 Å². The van der Waals surface area contributed by atoms with Crippen molar-refractivity contribution in [3.63, 3.8) is 0 Å².